The molecule has 0 atom stereocenters. The lowest BCUT2D eigenvalue weighted by Crippen LogP contribution is -2.12. The second kappa shape index (κ2) is 5.93. The van der Waals surface area contributed by atoms with Crippen LogP contribution >= 0.6 is 11.6 Å². The van der Waals surface area contributed by atoms with Crippen LogP contribution in [0.1, 0.15) is 41.6 Å². The number of para-hydroxylation sites is 1. The molecule has 2 rings (SSSR count). The smallest absolute Gasteiger partial charge is 0.291 e. The van der Waals surface area contributed by atoms with Gasteiger partial charge in [-0.2, -0.15) is 0 Å². The van der Waals surface area contributed by atoms with Crippen LogP contribution in [-0.4, -0.2) is 5.91 Å². The predicted molar refractivity (Wildman–Crippen MR) is 76.7 cm³/mol. The molecule has 2 aromatic rings. The minimum Gasteiger partial charge on any atom is -0.455 e. The van der Waals surface area contributed by atoms with Crippen LogP contribution in [0.3, 0.4) is 0 Å². The second-order valence-electron chi connectivity index (χ2n) is 4.60. The third kappa shape index (κ3) is 3.18. The Morgan fingerprint density at radius 2 is 2.00 bits per heavy atom. The molecule has 4 heteroatoms. The molecule has 0 saturated carbocycles. The van der Waals surface area contributed by atoms with E-state index < -0.39 is 0 Å². The average molecular weight is 278 g/mol. The Bertz CT molecular complexity index is 575. The summed E-state index contributed by atoms with van der Waals surface area (Å²) in [6.45, 7) is 4.17. The van der Waals surface area contributed by atoms with E-state index in [1.165, 1.54) is 0 Å². The normalized spacial score (nSPS) is 10.7. The van der Waals surface area contributed by atoms with Crippen LogP contribution in [0.25, 0.3) is 0 Å². The SMILES string of the molecule is CC(C)c1ccccc1NC(=O)c1ccc(CCl)o1. The van der Waals surface area contributed by atoms with Gasteiger partial charge in [0, 0.05) is 5.69 Å². The van der Waals surface area contributed by atoms with Crippen molar-refractivity contribution in [2.45, 2.75) is 25.6 Å². The Balaban J connectivity index is 2.19. The molecule has 1 amide bonds. The third-order valence-electron chi connectivity index (χ3n) is 2.85. The van der Waals surface area contributed by atoms with Crippen molar-refractivity contribution in [3.8, 4) is 0 Å². The molecule has 0 aliphatic rings. The van der Waals surface area contributed by atoms with Gasteiger partial charge in [-0.15, -0.1) is 11.6 Å². The number of hydrogen-bond donors (Lipinski definition) is 1. The molecule has 0 saturated heterocycles. The van der Waals surface area contributed by atoms with Crippen LogP contribution in [0.4, 0.5) is 5.69 Å². The maximum Gasteiger partial charge on any atom is 0.291 e. The first-order valence-electron chi connectivity index (χ1n) is 6.16. The van der Waals surface area contributed by atoms with Gasteiger partial charge in [0.15, 0.2) is 5.76 Å². The third-order valence-corrected chi connectivity index (χ3v) is 3.11. The van der Waals surface area contributed by atoms with E-state index in [1.54, 1.807) is 12.1 Å². The zero-order chi connectivity index (χ0) is 13.8. The summed E-state index contributed by atoms with van der Waals surface area (Å²) in [4.78, 5) is 12.1. The fourth-order valence-corrected chi connectivity index (χ4v) is 2.01. The Kier molecular flexibility index (Phi) is 4.27. The molecule has 0 fully saturated rings. The molecule has 0 unspecified atom stereocenters. The molecule has 0 aliphatic heterocycles. The fourth-order valence-electron chi connectivity index (χ4n) is 1.87. The Hall–Kier alpha value is -1.74. The van der Waals surface area contributed by atoms with Gasteiger partial charge < -0.3 is 9.73 Å². The van der Waals surface area contributed by atoms with E-state index in [1.807, 2.05) is 24.3 Å². The molecule has 0 aliphatic carbocycles. The first-order chi connectivity index (χ1) is 9.11. The van der Waals surface area contributed by atoms with Gasteiger partial charge >= 0.3 is 0 Å². The second-order valence-corrected chi connectivity index (χ2v) is 4.86. The monoisotopic (exact) mass is 277 g/mol. The summed E-state index contributed by atoms with van der Waals surface area (Å²) >= 11 is 5.65. The van der Waals surface area contributed by atoms with E-state index in [0.29, 0.717) is 11.7 Å². The lowest BCUT2D eigenvalue weighted by atomic mass is 10.0. The zero-order valence-corrected chi connectivity index (χ0v) is 11.7. The first-order valence-corrected chi connectivity index (χ1v) is 6.70. The fraction of sp³-hybridized carbons (Fsp3) is 0.267. The summed E-state index contributed by atoms with van der Waals surface area (Å²) in [6.07, 6.45) is 0. The molecule has 1 aromatic heterocycles. The topological polar surface area (TPSA) is 42.2 Å². The average Bonchev–Trinajstić information content (AvgIpc) is 2.88. The van der Waals surface area contributed by atoms with Crippen LogP contribution in [0.2, 0.25) is 0 Å². The number of halogens is 1. The molecule has 1 aromatic carbocycles. The summed E-state index contributed by atoms with van der Waals surface area (Å²) in [7, 11) is 0. The number of hydrogen-bond acceptors (Lipinski definition) is 2. The van der Waals surface area contributed by atoms with E-state index in [4.69, 9.17) is 16.0 Å². The Labute approximate surface area is 117 Å². The van der Waals surface area contributed by atoms with Crippen molar-refractivity contribution < 1.29 is 9.21 Å². The molecule has 0 bridgehead atoms. The van der Waals surface area contributed by atoms with Gasteiger partial charge in [0.2, 0.25) is 0 Å². The molecular weight excluding hydrogens is 262 g/mol. The lowest BCUT2D eigenvalue weighted by molar-refractivity contribution is 0.0995. The number of alkyl halides is 1. The summed E-state index contributed by atoms with van der Waals surface area (Å²) in [5, 5.41) is 2.87. The van der Waals surface area contributed by atoms with E-state index in [-0.39, 0.29) is 17.5 Å². The number of amides is 1. The van der Waals surface area contributed by atoms with Gasteiger partial charge in [0.25, 0.3) is 5.91 Å². The number of furan rings is 1. The van der Waals surface area contributed by atoms with E-state index >= 15 is 0 Å². The minimum absolute atomic E-state index is 0.260. The predicted octanol–water partition coefficient (Wildman–Crippen LogP) is 4.39. The molecular formula is C15H16ClNO2. The number of carbonyl (C=O) groups is 1. The Morgan fingerprint density at radius 3 is 2.63 bits per heavy atom. The number of benzene rings is 1. The van der Waals surface area contributed by atoms with Gasteiger partial charge in [-0.1, -0.05) is 32.0 Å². The van der Waals surface area contributed by atoms with Crippen molar-refractivity contribution >= 4 is 23.2 Å². The van der Waals surface area contributed by atoms with Crippen molar-refractivity contribution in [3.05, 3.63) is 53.5 Å². The van der Waals surface area contributed by atoms with E-state index in [0.717, 1.165) is 11.3 Å². The highest BCUT2D eigenvalue weighted by Gasteiger charge is 2.13. The van der Waals surface area contributed by atoms with Crippen molar-refractivity contribution in [1.82, 2.24) is 0 Å². The van der Waals surface area contributed by atoms with Crippen molar-refractivity contribution in [2.24, 2.45) is 0 Å². The van der Waals surface area contributed by atoms with Gasteiger partial charge in [0.05, 0.1) is 5.88 Å². The van der Waals surface area contributed by atoms with Crippen LogP contribution in [0, 0.1) is 0 Å². The van der Waals surface area contributed by atoms with Crippen molar-refractivity contribution in [3.63, 3.8) is 0 Å². The molecule has 0 radical (unpaired) electrons. The maximum absolute atomic E-state index is 12.1. The van der Waals surface area contributed by atoms with Crippen LogP contribution < -0.4 is 5.32 Å². The highest BCUT2D eigenvalue weighted by atomic mass is 35.5. The minimum atomic E-state index is -0.260. The number of anilines is 1. The van der Waals surface area contributed by atoms with Crippen molar-refractivity contribution in [2.75, 3.05) is 5.32 Å². The lowest BCUT2D eigenvalue weighted by Gasteiger charge is -2.12. The quantitative estimate of drug-likeness (QED) is 0.842. The largest absolute Gasteiger partial charge is 0.455 e. The highest BCUT2D eigenvalue weighted by Crippen LogP contribution is 2.24. The Morgan fingerprint density at radius 1 is 1.26 bits per heavy atom. The first kappa shape index (κ1) is 13.7. The van der Waals surface area contributed by atoms with E-state index in [9.17, 15) is 4.79 Å². The molecule has 3 nitrogen and oxygen atoms in total. The number of carbonyl (C=O) groups excluding carboxylic acids is 1. The van der Waals surface area contributed by atoms with Gasteiger partial charge in [-0.25, -0.2) is 0 Å². The van der Waals surface area contributed by atoms with Crippen LogP contribution in [-0.2, 0) is 5.88 Å². The molecule has 0 spiro atoms. The standard InChI is InChI=1S/C15H16ClNO2/c1-10(2)12-5-3-4-6-13(12)17-15(18)14-8-7-11(9-16)19-14/h3-8,10H,9H2,1-2H3,(H,17,18). The zero-order valence-electron chi connectivity index (χ0n) is 10.9. The molecule has 1 heterocycles. The van der Waals surface area contributed by atoms with Crippen LogP contribution in [0.5, 0.6) is 0 Å². The van der Waals surface area contributed by atoms with Crippen LogP contribution in [0.15, 0.2) is 40.8 Å². The van der Waals surface area contributed by atoms with E-state index in [2.05, 4.69) is 19.2 Å². The summed E-state index contributed by atoms with van der Waals surface area (Å²) < 4.78 is 5.32. The number of rotatable bonds is 4. The van der Waals surface area contributed by atoms with Gasteiger partial charge in [0.1, 0.15) is 5.76 Å². The molecule has 1 N–H and O–H groups in total. The van der Waals surface area contributed by atoms with Gasteiger partial charge in [-0.05, 0) is 29.7 Å². The van der Waals surface area contributed by atoms with Crippen molar-refractivity contribution in [1.29, 1.82) is 0 Å². The summed E-state index contributed by atoms with van der Waals surface area (Å²) in [5.74, 6) is 1.20. The number of nitrogens with one attached hydrogen (secondary N) is 1. The summed E-state index contributed by atoms with van der Waals surface area (Å²) in [5.41, 5.74) is 1.91. The maximum atomic E-state index is 12.1. The van der Waals surface area contributed by atoms with Gasteiger partial charge in [-0.3, -0.25) is 4.79 Å². The highest BCUT2D eigenvalue weighted by molar-refractivity contribution is 6.16. The summed E-state index contributed by atoms with van der Waals surface area (Å²) in [6, 6.07) is 11.1. The molecule has 19 heavy (non-hydrogen) atoms. The molecule has 100 valence electrons.